The van der Waals surface area contributed by atoms with Gasteiger partial charge < -0.3 is 10.2 Å². The van der Waals surface area contributed by atoms with Crippen LogP contribution in [0.15, 0.2) is 0 Å². The predicted octanol–water partition coefficient (Wildman–Crippen LogP) is 2.21. The van der Waals surface area contributed by atoms with Gasteiger partial charge in [-0.05, 0) is 38.4 Å². The highest BCUT2D eigenvalue weighted by molar-refractivity contribution is 4.77. The van der Waals surface area contributed by atoms with Gasteiger partial charge in [0.15, 0.2) is 0 Å². The molecule has 0 aliphatic rings. The molecule has 0 spiro atoms. The van der Waals surface area contributed by atoms with Crippen molar-refractivity contribution in [3.8, 4) is 0 Å². The minimum absolute atomic E-state index is 0.415. The van der Waals surface area contributed by atoms with Crippen LogP contribution in [0.1, 0.15) is 34.1 Å². The molecule has 0 aromatic carbocycles. The van der Waals surface area contributed by atoms with Gasteiger partial charge in [0, 0.05) is 13.1 Å². The van der Waals surface area contributed by atoms with Gasteiger partial charge in [-0.25, -0.2) is 0 Å². The number of hydrogen-bond acceptors (Lipinski definition) is 2. The first-order valence-corrected chi connectivity index (χ1v) is 5.75. The fourth-order valence-corrected chi connectivity index (χ4v) is 1.72. The third-order valence-corrected chi connectivity index (χ3v) is 2.66. The number of hydrogen-bond donors (Lipinski definition) is 1. The molecular weight excluding hydrogens is 172 g/mol. The van der Waals surface area contributed by atoms with Gasteiger partial charge in [0.25, 0.3) is 0 Å². The van der Waals surface area contributed by atoms with E-state index >= 15 is 0 Å². The summed E-state index contributed by atoms with van der Waals surface area (Å²) in [6, 6.07) is 0. The van der Waals surface area contributed by atoms with Crippen LogP contribution < -0.4 is 5.32 Å². The maximum atomic E-state index is 3.56. The fourth-order valence-electron chi connectivity index (χ4n) is 1.72. The quantitative estimate of drug-likeness (QED) is 0.678. The third-order valence-electron chi connectivity index (χ3n) is 2.66. The highest BCUT2D eigenvalue weighted by atomic mass is 15.1. The molecule has 0 saturated carbocycles. The summed E-state index contributed by atoms with van der Waals surface area (Å²) in [5.74, 6) is 0.746. The monoisotopic (exact) mass is 200 g/mol. The van der Waals surface area contributed by atoms with Crippen LogP contribution in [0.5, 0.6) is 0 Å². The second-order valence-corrected chi connectivity index (χ2v) is 5.43. The van der Waals surface area contributed by atoms with Crippen LogP contribution in [0.4, 0.5) is 0 Å². The van der Waals surface area contributed by atoms with E-state index in [9.17, 15) is 0 Å². The van der Waals surface area contributed by atoms with Gasteiger partial charge in [-0.1, -0.05) is 27.7 Å². The standard InChI is InChI=1S/C12H28N2/c1-7-12(4,10-14(5)6)9-13-8-11(2)3/h11,13H,7-10H2,1-6H3. The summed E-state index contributed by atoms with van der Waals surface area (Å²) in [6.07, 6.45) is 1.23. The van der Waals surface area contributed by atoms with Crippen LogP contribution in [0.3, 0.4) is 0 Å². The number of nitrogens with one attached hydrogen (secondary N) is 1. The lowest BCUT2D eigenvalue weighted by Crippen LogP contribution is -2.40. The Labute approximate surface area is 90.1 Å². The van der Waals surface area contributed by atoms with Crippen LogP contribution in [0.2, 0.25) is 0 Å². The average molecular weight is 200 g/mol. The van der Waals surface area contributed by atoms with Crippen LogP contribution in [-0.2, 0) is 0 Å². The van der Waals surface area contributed by atoms with E-state index in [2.05, 4.69) is 52.0 Å². The van der Waals surface area contributed by atoms with Crippen LogP contribution >= 0.6 is 0 Å². The van der Waals surface area contributed by atoms with E-state index in [0.29, 0.717) is 5.41 Å². The van der Waals surface area contributed by atoms with Crippen molar-refractivity contribution < 1.29 is 0 Å². The van der Waals surface area contributed by atoms with E-state index in [1.165, 1.54) is 6.42 Å². The lowest BCUT2D eigenvalue weighted by atomic mass is 9.87. The Morgan fingerprint density at radius 1 is 1.29 bits per heavy atom. The molecule has 1 unspecified atom stereocenters. The fraction of sp³-hybridized carbons (Fsp3) is 1.00. The average Bonchev–Trinajstić information content (AvgIpc) is 2.02. The first-order valence-electron chi connectivity index (χ1n) is 5.75. The van der Waals surface area contributed by atoms with Crippen molar-refractivity contribution >= 4 is 0 Å². The first-order chi connectivity index (χ1) is 6.39. The van der Waals surface area contributed by atoms with E-state index in [0.717, 1.165) is 25.6 Å². The maximum absolute atomic E-state index is 3.56. The molecule has 0 aliphatic carbocycles. The van der Waals surface area contributed by atoms with Gasteiger partial charge in [-0.2, -0.15) is 0 Å². The molecule has 0 bridgehead atoms. The molecule has 14 heavy (non-hydrogen) atoms. The molecule has 0 aliphatic heterocycles. The maximum Gasteiger partial charge on any atom is 0.00413 e. The van der Waals surface area contributed by atoms with Crippen LogP contribution in [0, 0.1) is 11.3 Å². The number of nitrogens with zero attached hydrogens (tertiary/aromatic N) is 1. The first kappa shape index (κ1) is 13.9. The summed E-state index contributed by atoms with van der Waals surface area (Å²) in [6.45, 7) is 12.6. The number of rotatable bonds is 7. The normalized spacial score (nSPS) is 16.3. The highest BCUT2D eigenvalue weighted by Crippen LogP contribution is 2.20. The topological polar surface area (TPSA) is 15.3 Å². The van der Waals surface area contributed by atoms with Gasteiger partial charge in [-0.15, -0.1) is 0 Å². The summed E-state index contributed by atoms with van der Waals surface area (Å²) in [7, 11) is 4.30. The minimum atomic E-state index is 0.415. The Balaban J connectivity index is 3.86. The van der Waals surface area contributed by atoms with Gasteiger partial charge in [0.1, 0.15) is 0 Å². The summed E-state index contributed by atoms with van der Waals surface area (Å²) in [5.41, 5.74) is 0.415. The Morgan fingerprint density at radius 3 is 2.21 bits per heavy atom. The van der Waals surface area contributed by atoms with Crippen molar-refractivity contribution in [2.45, 2.75) is 34.1 Å². The molecule has 0 rings (SSSR count). The SMILES string of the molecule is CCC(C)(CNCC(C)C)CN(C)C. The van der Waals surface area contributed by atoms with E-state index in [4.69, 9.17) is 0 Å². The van der Waals surface area contributed by atoms with E-state index in [1.54, 1.807) is 0 Å². The molecule has 0 saturated heterocycles. The largest absolute Gasteiger partial charge is 0.316 e. The third kappa shape index (κ3) is 6.39. The van der Waals surface area contributed by atoms with E-state index in [1.807, 2.05) is 0 Å². The van der Waals surface area contributed by atoms with Crippen molar-refractivity contribution in [1.29, 1.82) is 0 Å². The summed E-state index contributed by atoms with van der Waals surface area (Å²) >= 11 is 0. The zero-order valence-corrected chi connectivity index (χ0v) is 10.9. The molecule has 0 fully saturated rings. The van der Waals surface area contributed by atoms with Gasteiger partial charge >= 0.3 is 0 Å². The molecule has 86 valence electrons. The van der Waals surface area contributed by atoms with Crippen molar-refractivity contribution in [3.05, 3.63) is 0 Å². The lowest BCUT2D eigenvalue weighted by Gasteiger charge is -2.32. The summed E-state index contributed by atoms with van der Waals surface area (Å²) in [5, 5.41) is 3.56. The smallest absolute Gasteiger partial charge is 0.00413 e. The summed E-state index contributed by atoms with van der Waals surface area (Å²) in [4.78, 5) is 2.28. The van der Waals surface area contributed by atoms with Crippen molar-refractivity contribution in [1.82, 2.24) is 10.2 Å². The van der Waals surface area contributed by atoms with Crippen molar-refractivity contribution in [2.24, 2.45) is 11.3 Å². The van der Waals surface area contributed by atoms with E-state index in [-0.39, 0.29) is 0 Å². The molecule has 2 heteroatoms. The predicted molar refractivity (Wildman–Crippen MR) is 64.7 cm³/mol. The van der Waals surface area contributed by atoms with Crippen molar-refractivity contribution in [3.63, 3.8) is 0 Å². The molecule has 0 aromatic heterocycles. The summed E-state index contributed by atoms with van der Waals surface area (Å²) < 4.78 is 0. The van der Waals surface area contributed by atoms with Gasteiger partial charge in [-0.3, -0.25) is 0 Å². The van der Waals surface area contributed by atoms with Crippen LogP contribution in [0.25, 0.3) is 0 Å². The highest BCUT2D eigenvalue weighted by Gasteiger charge is 2.22. The Kier molecular flexibility index (Phi) is 6.38. The Bertz CT molecular complexity index is 143. The second-order valence-electron chi connectivity index (χ2n) is 5.43. The molecular formula is C12H28N2. The van der Waals surface area contributed by atoms with E-state index < -0.39 is 0 Å². The molecule has 2 nitrogen and oxygen atoms in total. The molecule has 0 radical (unpaired) electrons. The molecule has 0 heterocycles. The van der Waals surface area contributed by atoms with Crippen molar-refractivity contribution in [2.75, 3.05) is 33.7 Å². The minimum Gasteiger partial charge on any atom is -0.316 e. The second kappa shape index (κ2) is 6.41. The van der Waals surface area contributed by atoms with Crippen LogP contribution in [-0.4, -0.2) is 38.6 Å². The molecule has 0 aromatic rings. The zero-order chi connectivity index (χ0) is 11.2. The van der Waals surface area contributed by atoms with Gasteiger partial charge in [0.2, 0.25) is 0 Å². The lowest BCUT2D eigenvalue weighted by molar-refractivity contribution is 0.202. The molecule has 1 N–H and O–H groups in total. The Hall–Kier alpha value is -0.0800. The zero-order valence-electron chi connectivity index (χ0n) is 10.9. The molecule has 0 amide bonds. The molecule has 1 atom stereocenters. The van der Waals surface area contributed by atoms with Gasteiger partial charge in [0.05, 0.1) is 0 Å². The Morgan fingerprint density at radius 2 is 1.86 bits per heavy atom.